The highest BCUT2D eigenvalue weighted by Gasteiger charge is 2.22. The van der Waals surface area contributed by atoms with Crippen LogP contribution >= 0.6 is 0 Å². The molecule has 3 nitrogen and oxygen atoms in total. The molecule has 1 fully saturated rings. The Morgan fingerprint density at radius 1 is 1.00 bits per heavy atom. The molecular weight excluding hydrogens is 308 g/mol. The van der Waals surface area contributed by atoms with Crippen LogP contribution in [-0.4, -0.2) is 44.7 Å². The van der Waals surface area contributed by atoms with Crippen molar-refractivity contribution in [2.24, 2.45) is 0 Å². The Morgan fingerprint density at radius 3 is 2.32 bits per heavy atom. The van der Waals surface area contributed by atoms with Crippen LogP contribution in [0.15, 0.2) is 54.6 Å². The fraction of sp³-hybridized carbons (Fsp3) is 0.455. The minimum absolute atomic E-state index is 0.713. The molecule has 1 heterocycles. The van der Waals surface area contributed by atoms with E-state index in [0.29, 0.717) is 6.04 Å². The summed E-state index contributed by atoms with van der Waals surface area (Å²) in [7, 11) is 4.01. The third-order valence-electron chi connectivity index (χ3n) is 5.34. The van der Waals surface area contributed by atoms with Gasteiger partial charge in [0.2, 0.25) is 0 Å². The summed E-state index contributed by atoms with van der Waals surface area (Å²) in [5.74, 6) is 0.928. The summed E-state index contributed by atoms with van der Waals surface area (Å²) in [6.45, 7) is 3.46. The SMILES string of the molecule is COc1ccc(N2CCC(N(C)CCCc3ccccc3)CC2)cc1. The summed E-state index contributed by atoms with van der Waals surface area (Å²) in [6.07, 6.45) is 4.90. The predicted molar refractivity (Wildman–Crippen MR) is 106 cm³/mol. The van der Waals surface area contributed by atoms with Gasteiger partial charge >= 0.3 is 0 Å². The Morgan fingerprint density at radius 2 is 1.68 bits per heavy atom. The summed E-state index contributed by atoms with van der Waals surface area (Å²) < 4.78 is 5.25. The molecule has 0 radical (unpaired) electrons. The lowest BCUT2D eigenvalue weighted by Gasteiger charge is -2.38. The first-order valence-corrected chi connectivity index (χ1v) is 9.39. The largest absolute Gasteiger partial charge is 0.497 e. The zero-order valence-electron chi connectivity index (χ0n) is 15.5. The Kier molecular flexibility index (Phi) is 6.35. The molecule has 2 aromatic carbocycles. The maximum absolute atomic E-state index is 5.25. The number of nitrogens with zero attached hydrogens (tertiary/aromatic N) is 2. The molecule has 0 N–H and O–H groups in total. The van der Waals surface area contributed by atoms with Gasteiger partial charge in [-0.05, 0) is 69.1 Å². The van der Waals surface area contributed by atoms with Gasteiger partial charge in [-0.2, -0.15) is 0 Å². The second kappa shape index (κ2) is 8.91. The van der Waals surface area contributed by atoms with Crippen molar-refractivity contribution < 1.29 is 4.74 Å². The topological polar surface area (TPSA) is 15.7 Å². The molecule has 0 aromatic heterocycles. The van der Waals surface area contributed by atoms with Gasteiger partial charge in [0, 0.05) is 24.8 Å². The molecule has 0 saturated carbocycles. The molecule has 0 unspecified atom stereocenters. The number of methoxy groups -OCH3 is 1. The Balaban J connectivity index is 1.41. The molecule has 3 rings (SSSR count). The fourth-order valence-electron chi connectivity index (χ4n) is 3.72. The normalized spacial score (nSPS) is 15.6. The molecule has 25 heavy (non-hydrogen) atoms. The van der Waals surface area contributed by atoms with Crippen molar-refractivity contribution in [1.82, 2.24) is 4.90 Å². The summed E-state index contributed by atoms with van der Waals surface area (Å²) in [6, 6.07) is 20.0. The van der Waals surface area contributed by atoms with Gasteiger partial charge in [0.15, 0.2) is 0 Å². The quantitative estimate of drug-likeness (QED) is 0.751. The minimum Gasteiger partial charge on any atom is -0.497 e. The maximum Gasteiger partial charge on any atom is 0.119 e. The number of hydrogen-bond acceptors (Lipinski definition) is 3. The van der Waals surface area contributed by atoms with Crippen molar-refractivity contribution in [3.63, 3.8) is 0 Å². The summed E-state index contributed by atoms with van der Waals surface area (Å²) in [5.41, 5.74) is 2.76. The van der Waals surface area contributed by atoms with Crippen LogP contribution in [0.4, 0.5) is 5.69 Å². The van der Waals surface area contributed by atoms with Gasteiger partial charge < -0.3 is 14.5 Å². The van der Waals surface area contributed by atoms with Gasteiger partial charge in [-0.1, -0.05) is 30.3 Å². The highest BCUT2D eigenvalue weighted by Crippen LogP contribution is 2.24. The first-order valence-electron chi connectivity index (χ1n) is 9.39. The third kappa shape index (κ3) is 4.99. The van der Waals surface area contributed by atoms with E-state index in [1.54, 1.807) is 7.11 Å². The lowest BCUT2D eigenvalue weighted by atomic mass is 10.0. The lowest BCUT2D eigenvalue weighted by Crippen LogP contribution is -2.43. The number of ether oxygens (including phenoxy) is 1. The van der Waals surface area contributed by atoms with E-state index in [9.17, 15) is 0 Å². The highest BCUT2D eigenvalue weighted by molar-refractivity contribution is 5.49. The Bertz CT molecular complexity index is 618. The van der Waals surface area contributed by atoms with E-state index >= 15 is 0 Å². The number of piperidine rings is 1. The average molecular weight is 338 g/mol. The van der Waals surface area contributed by atoms with Crippen LogP contribution in [0.2, 0.25) is 0 Å². The van der Waals surface area contributed by atoms with Crippen molar-refractivity contribution in [2.45, 2.75) is 31.7 Å². The molecule has 3 heteroatoms. The van der Waals surface area contributed by atoms with E-state index in [-0.39, 0.29) is 0 Å². The van der Waals surface area contributed by atoms with Crippen molar-refractivity contribution in [2.75, 3.05) is 38.7 Å². The molecule has 0 amide bonds. The number of rotatable bonds is 7. The zero-order chi connectivity index (χ0) is 17.5. The molecule has 1 aliphatic rings. The number of anilines is 1. The van der Waals surface area contributed by atoms with Crippen LogP contribution in [0.1, 0.15) is 24.8 Å². The van der Waals surface area contributed by atoms with Crippen molar-refractivity contribution in [3.8, 4) is 5.75 Å². The van der Waals surface area contributed by atoms with Crippen LogP contribution in [0.3, 0.4) is 0 Å². The summed E-state index contributed by atoms with van der Waals surface area (Å²) in [5, 5.41) is 0. The number of benzene rings is 2. The second-order valence-electron chi connectivity index (χ2n) is 6.99. The molecule has 2 aromatic rings. The zero-order valence-corrected chi connectivity index (χ0v) is 15.5. The van der Waals surface area contributed by atoms with Crippen LogP contribution in [0, 0.1) is 0 Å². The van der Waals surface area contributed by atoms with Crippen molar-refractivity contribution in [3.05, 3.63) is 60.2 Å². The van der Waals surface area contributed by atoms with Gasteiger partial charge in [0.25, 0.3) is 0 Å². The van der Waals surface area contributed by atoms with Gasteiger partial charge in [-0.25, -0.2) is 0 Å². The fourth-order valence-corrected chi connectivity index (χ4v) is 3.72. The second-order valence-corrected chi connectivity index (χ2v) is 6.99. The molecule has 0 bridgehead atoms. The monoisotopic (exact) mass is 338 g/mol. The summed E-state index contributed by atoms with van der Waals surface area (Å²) in [4.78, 5) is 5.06. The van der Waals surface area contributed by atoms with Crippen molar-refractivity contribution >= 4 is 5.69 Å². The predicted octanol–water partition coefficient (Wildman–Crippen LogP) is 4.23. The molecule has 0 atom stereocenters. The van der Waals surface area contributed by atoms with Crippen LogP contribution in [-0.2, 0) is 6.42 Å². The maximum atomic E-state index is 5.25. The molecular formula is C22H30N2O. The lowest BCUT2D eigenvalue weighted by molar-refractivity contribution is 0.206. The van der Waals surface area contributed by atoms with E-state index in [2.05, 4.69) is 71.4 Å². The van der Waals surface area contributed by atoms with E-state index in [1.807, 2.05) is 0 Å². The van der Waals surface area contributed by atoms with Gasteiger partial charge in [-0.15, -0.1) is 0 Å². The summed E-state index contributed by atoms with van der Waals surface area (Å²) >= 11 is 0. The molecule has 0 aliphatic carbocycles. The Labute approximate surface area is 152 Å². The van der Waals surface area contributed by atoms with Crippen LogP contribution in [0.25, 0.3) is 0 Å². The first kappa shape index (κ1) is 17.8. The minimum atomic E-state index is 0.713. The Hall–Kier alpha value is -2.00. The van der Waals surface area contributed by atoms with Crippen molar-refractivity contribution in [1.29, 1.82) is 0 Å². The standard InChI is InChI=1S/C22H30N2O/c1-23(16-6-9-19-7-4-3-5-8-19)20-14-17-24(18-15-20)21-10-12-22(25-2)13-11-21/h3-5,7-8,10-13,20H,6,9,14-18H2,1-2H3. The van der Waals surface area contributed by atoms with E-state index in [0.717, 1.165) is 18.8 Å². The van der Waals surface area contributed by atoms with Gasteiger partial charge in [0.1, 0.15) is 5.75 Å². The number of hydrogen-bond donors (Lipinski definition) is 0. The molecule has 134 valence electrons. The van der Waals surface area contributed by atoms with E-state index in [4.69, 9.17) is 4.74 Å². The van der Waals surface area contributed by atoms with Gasteiger partial charge in [0.05, 0.1) is 7.11 Å². The smallest absolute Gasteiger partial charge is 0.119 e. The molecule has 1 aliphatic heterocycles. The number of aryl methyl sites for hydroxylation is 1. The van der Waals surface area contributed by atoms with Gasteiger partial charge in [-0.3, -0.25) is 0 Å². The van der Waals surface area contributed by atoms with E-state index < -0.39 is 0 Å². The van der Waals surface area contributed by atoms with Crippen LogP contribution < -0.4 is 9.64 Å². The van der Waals surface area contributed by atoms with Crippen LogP contribution in [0.5, 0.6) is 5.75 Å². The van der Waals surface area contributed by atoms with E-state index in [1.165, 1.54) is 43.5 Å². The molecule has 1 saturated heterocycles. The first-order chi connectivity index (χ1) is 12.3. The highest BCUT2D eigenvalue weighted by atomic mass is 16.5. The average Bonchev–Trinajstić information content (AvgIpc) is 2.69. The third-order valence-corrected chi connectivity index (χ3v) is 5.34. The molecule has 0 spiro atoms.